The van der Waals surface area contributed by atoms with Crippen LogP contribution in [0.4, 0.5) is 0 Å². The van der Waals surface area contributed by atoms with Crippen LogP contribution in [0.2, 0.25) is 5.02 Å². The number of rotatable bonds is 5. The Kier molecular flexibility index (Phi) is 3.81. The van der Waals surface area contributed by atoms with Crippen molar-refractivity contribution in [3.8, 4) is 5.75 Å². The smallest absolute Gasteiger partial charge is 0.255 e. The summed E-state index contributed by atoms with van der Waals surface area (Å²) in [7, 11) is 0. The van der Waals surface area contributed by atoms with E-state index < -0.39 is 0 Å². The lowest BCUT2D eigenvalue weighted by Crippen LogP contribution is -2.30. The Balaban J connectivity index is 1.96. The number of halogens is 1. The summed E-state index contributed by atoms with van der Waals surface area (Å²) in [6.07, 6.45) is 4.67. The van der Waals surface area contributed by atoms with Crippen molar-refractivity contribution in [3.63, 3.8) is 0 Å². The van der Waals surface area contributed by atoms with E-state index in [1.165, 1.54) is 18.9 Å². The molecule has 2 rings (SSSR count). The fraction of sp³-hybridized carbons (Fsp3) is 0.500. The van der Waals surface area contributed by atoms with E-state index in [0.717, 1.165) is 12.8 Å². The van der Waals surface area contributed by atoms with Crippen molar-refractivity contribution in [2.24, 2.45) is 5.41 Å². The van der Waals surface area contributed by atoms with Crippen LogP contribution in [0.3, 0.4) is 0 Å². The van der Waals surface area contributed by atoms with Gasteiger partial charge >= 0.3 is 0 Å². The molecule has 0 bridgehead atoms. The first-order chi connectivity index (χ1) is 8.56. The summed E-state index contributed by atoms with van der Waals surface area (Å²) in [6, 6.07) is 4.54. The minimum absolute atomic E-state index is 0.0691. The van der Waals surface area contributed by atoms with Gasteiger partial charge in [-0.15, -0.1) is 0 Å². The van der Waals surface area contributed by atoms with Gasteiger partial charge in [0.05, 0.1) is 5.56 Å². The minimum Gasteiger partial charge on any atom is -0.507 e. The van der Waals surface area contributed by atoms with E-state index in [1.54, 1.807) is 12.1 Å². The Morgan fingerprint density at radius 3 is 2.78 bits per heavy atom. The third-order valence-corrected chi connectivity index (χ3v) is 3.80. The van der Waals surface area contributed by atoms with Crippen LogP contribution in [0.25, 0.3) is 0 Å². The van der Waals surface area contributed by atoms with Crippen LogP contribution in [-0.2, 0) is 0 Å². The summed E-state index contributed by atoms with van der Waals surface area (Å²) in [4.78, 5) is 11.9. The molecule has 1 saturated carbocycles. The third-order valence-electron chi connectivity index (χ3n) is 3.57. The molecule has 1 aromatic rings. The van der Waals surface area contributed by atoms with E-state index in [-0.39, 0.29) is 17.2 Å². The maximum absolute atomic E-state index is 11.9. The molecule has 0 spiro atoms. The molecule has 1 aliphatic carbocycles. The fourth-order valence-corrected chi connectivity index (χ4v) is 2.45. The lowest BCUT2D eigenvalue weighted by molar-refractivity contribution is 0.0941. The Morgan fingerprint density at radius 2 is 2.22 bits per heavy atom. The van der Waals surface area contributed by atoms with Crippen molar-refractivity contribution in [1.82, 2.24) is 5.32 Å². The second-order valence-corrected chi connectivity index (χ2v) is 5.53. The summed E-state index contributed by atoms with van der Waals surface area (Å²) in [5.41, 5.74) is 0.596. The maximum atomic E-state index is 11.9. The third kappa shape index (κ3) is 2.96. The maximum Gasteiger partial charge on any atom is 0.255 e. The molecule has 1 amide bonds. The molecule has 98 valence electrons. The van der Waals surface area contributed by atoms with E-state index in [0.29, 0.717) is 17.0 Å². The largest absolute Gasteiger partial charge is 0.507 e. The lowest BCUT2D eigenvalue weighted by atomic mass is 10.0. The van der Waals surface area contributed by atoms with Gasteiger partial charge in [-0.3, -0.25) is 4.79 Å². The first-order valence-corrected chi connectivity index (χ1v) is 6.71. The highest BCUT2D eigenvalue weighted by Gasteiger charge is 2.41. The molecule has 4 heteroatoms. The van der Waals surface area contributed by atoms with Gasteiger partial charge in [-0.1, -0.05) is 24.9 Å². The Bertz CT molecular complexity index is 455. The summed E-state index contributed by atoms with van der Waals surface area (Å²) in [5.74, 6) is -0.299. The lowest BCUT2D eigenvalue weighted by Gasteiger charge is -2.15. The Labute approximate surface area is 112 Å². The van der Waals surface area contributed by atoms with Gasteiger partial charge in [-0.05, 0) is 42.9 Å². The van der Waals surface area contributed by atoms with Gasteiger partial charge in [-0.25, -0.2) is 0 Å². The van der Waals surface area contributed by atoms with Crippen molar-refractivity contribution >= 4 is 17.5 Å². The van der Waals surface area contributed by atoms with Crippen molar-refractivity contribution < 1.29 is 9.90 Å². The van der Waals surface area contributed by atoms with Crippen LogP contribution in [-0.4, -0.2) is 17.6 Å². The second-order valence-electron chi connectivity index (χ2n) is 5.09. The van der Waals surface area contributed by atoms with Gasteiger partial charge in [0.25, 0.3) is 5.91 Å². The topological polar surface area (TPSA) is 49.3 Å². The molecular weight excluding hydrogens is 250 g/mol. The number of carbonyl (C=O) groups is 1. The molecule has 0 saturated heterocycles. The minimum atomic E-state index is -0.230. The number of benzene rings is 1. The number of hydrogen-bond acceptors (Lipinski definition) is 2. The van der Waals surface area contributed by atoms with Gasteiger partial charge < -0.3 is 10.4 Å². The molecule has 3 nitrogen and oxygen atoms in total. The van der Waals surface area contributed by atoms with Gasteiger partial charge in [0, 0.05) is 11.6 Å². The zero-order valence-electron chi connectivity index (χ0n) is 10.5. The highest BCUT2D eigenvalue weighted by Crippen LogP contribution is 2.48. The van der Waals surface area contributed by atoms with Crippen LogP contribution in [0, 0.1) is 5.41 Å². The summed E-state index contributed by atoms with van der Waals surface area (Å²) in [6.45, 7) is 2.86. The fourth-order valence-electron chi connectivity index (χ4n) is 2.28. The van der Waals surface area contributed by atoms with E-state index in [2.05, 4.69) is 12.2 Å². The highest BCUT2D eigenvalue weighted by atomic mass is 35.5. The number of phenols is 1. The number of aromatic hydroxyl groups is 1. The zero-order valence-corrected chi connectivity index (χ0v) is 11.3. The van der Waals surface area contributed by atoms with Crippen LogP contribution < -0.4 is 5.32 Å². The van der Waals surface area contributed by atoms with Gasteiger partial charge in [-0.2, -0.15) is 0 Å². The Hall–Kier alpha value is -1.22. The number of nitrogens with one attached hydrogen (secondary N) is 1. The summed E-state index contributed by atoms with van der Waals surface area (Å²) >= 11 is 5.73. The normalized spacial score (nSPS) is 16.3. The van der Waals surface area contributed by atoms with Crippen LogP contribution in [0.1, 0.15) is 43.0 Å². The first kappa shape index (κ1) is 13.2. The van der Waals surface area contributed by atoms with E-state index >= 15 is 0 Å². The van der Waals surface area contributed by atoms with E-state index in [9.17, 15) is 9.90 Å². The van der Waals surface area contributed by atoms with E-state index in [1.807, 2.05) is 0 Å². The summed E-state index contributed by atoms with van der Waals surface area (Å²) < 4.78 is 0. The van der Waals surface area contributed by atoms with Crippen molar-refractivity contribution in [1.29, 1.82) is 0 Å². The molecule has 1 aromatic carbocycles. The molecule has 0 atom stereocenters. The molecule has 1 aliphatic rings. The van der Waals surface area contributed by atoms with Crippen LogP contribution in [0.15, 0.2) is 18.2 Å². The van der Waals surface area contributed by atoms with E-state index in [4.69, 9.17) is 11.6 Å². The monoisotopic (exact) mass is 267 g/mol. The van der Waals surface area contributed by atoms with Gasteiger partial charge in [0.1, 0.15) is 5.75 Å². The van der Waals surface area contributed by atoms with Crippen LogP contribution >= 0.6 is 11.6 Å². The van der Waals surface area contributed by atoms with Gasteiger partial charge in [0.15, 0.2) is 0 Å². The number of phenolic OH excluding ortho intramolecular Hbond substituents is 1. The Morgan fingerprint density at radius 1 is 1.50 bits per heavy atom. The average Bonchev–Trinajstić information content (AvgIpc) is 3.07. The van der Waals surface area contributed by atoms with Crippen molar-refractivity contribution in [2.75, 3.05) is 6.54 Å². The molecule has 0 aromatic heterocycles. The molecule has 0 heterocycles. The average molecular weight is 268 g/mol. The molecular formula is C14H18ClNO2. The van der Waals surface area contributed by atoms with Crippen molar-refractivity contribution in [3.05, 3.63) is 28.8 Å². The van der Waals surface area contributed by atoms with Gasteiger partial charge in [0.2, 0.25) is 0 Å². The number of carbonyl (C=O) groups excluding carboxylic acids is 1. The highest BCUT2D eigenvalue weighted by molar-refractivity contribution is 6.30. The number of hydrogen-bond donors (Lipinski definition) is 2. The predicted molar refractivity (Wildman–Crippen MR) is 72.0 cm³/mol. The predicted octanol–water partition coefficient (Wildman–Crippen LogP) is 3.36. The first-order valence-electron chi connectivity index (χ1n) is 6.33. The van der Waals surface area contributed by atoms with Crippen LogP contribution in [0.5, 0.6) is 5.75 Å². The quantitative estimate of drug-likeness (QED) is 0.859. The summed E-state index contributed by atoms with van der Waals surface area (Å²) in [5, 5.41) is 13.0. The molecule has 0 radical (unpaired) electrons. The molecule has 2 N–H and O–H groups in total. The zero-order chi connectivity index (χ0) is 13.2. The number of amides is 1. The SMILES string of the molecule is CCCC1(CNC(=O)c2ccc(Cl)cc2O)CC1. The molecule has 0 unspecified atom stereocenters. The standard InChI is InChI=1S/C14H18ClNO2/c1-2-5-14(6-7-14)9-16-13(18)11-4-3-10(15)8-12(11)17/h3-4,8,17H,2,5-7,9H2,1H3,(H,16,18). The second kappa shape index (κ2) is 5.19. The molecule has 0 aliphatic heterocycles. The van der Waals surface area contributed by atoms with Crippen molar-refractivity contribution in [2.45, 2.75) is 32.6 Å². The molecule has 1 fully saturated rings. The molecule has 18 heavy (non-hydrogen) atoms.